The number of hydrogen-bond donors (Lipinski definition) is 1. The Bertz CT molecular complexity index is 510. The van der Waals surface area contributed by atoms with E-state index in [4.69, 9.17) is 5.73 Å². The first kappa shape index (κ1) is 12.6. The molecule has 1 atom stereocenters. The van der Waals surface area contributed by atoms with Crippen molar-refractivity contribution in [3.8, 4) is 11.4 Å². The van der Waals surface area contributed by atoms with Crippen LogP contribution < -0.4 is 5.73 Å². The second kappa shape index (κ2) is 5.69. The minimum absolute atomic E-state index is 0.392. The first-order chi connectivity index (χ1) is 8.69. The van der Waals surface area contributed by atoms with E-state index >= 15 is 0 Å². The Morgan fingerprint density at radius 2 is 2.06 bits per heavy atom. The van der Waals surface area contributed by atoms with E-state index in [-0.39, 0.29) is 0 Å². The normalized spacial score (nSPS) is 12.4. The average molecular weight is 242 g/mol. The molecule has 18 heavy (non-hydrogen) atoms. The minimum Gasteiger partial charge on any atom is -0.330 e. The fraction of sp³-hybridized carbons (Fsp3) is 0.357. The van der Waals surface area contributed by atoms with Gasteiger partial charge in [-0.15, -0.1) is 0 Å². The summed E-state index contributed by atoms with van der Waals surface area (Å²) in [6.45, 7) is 4.73. The van der Waals surface area contributed by atoms with E-state index in [1.807, 2.05) is 31.2 Å². The van der Waals surface area contributed by atoms with Crippen LogP contribution >= 0.6 is 0 Å². The van der Waals surface area contributed by atoms with Gasteiger partial charge in [0, 0.05) is 18.3 Å². The third-order valence-electron chi connectivity index (χ3n) is 2.76. The van der Waals surface area contributed by atoms with Crippen molar-refractivity contribution in [2.75, 3.05) is 6.54 Å². The van der Waals surface area contributed by atoms with Gasteiger partial charge in [0.2, 0.25) is 0 Å². The predicted molar refractivity (Wildman–Crippen MR) is 71.9 cm³/mol. The molecule has 2 rings (SSSR count). The van der Waals surface area contributed by atoms with Crippen LogP contribution in [0.5, 0.6) is 0 Å². The molecular formula is C14H18N4. The van der Waals surface area contributed by atoms with Crippen LogP contribution in [0.2, 0.25) is 0 Å². The SMILES string of the molecule is Cc1cc(-c2ccccn2)nc(CC(C)CN)n1. The van der Waals surface area contributed by atoms with Gasteiger partial charge >= 0.3 is 0 Å². The summed E-state index contributed by atoms with van der Waals surface area (Å²) in [5, 5.41) is 0. The Kier molecular flexibility index (Phi) is 3.99. The Morgan fingerprint density at radius 1 is 1.22 bits per heavy atom. The van der Waals surface area contributed by atoms with Crippen LogP contribution in [-0.4, -0.2) is 21.5 Å². The molecule has 0 aliphatic rings. The van der Waals surface area contributed by atoms with Crippen LogP contribution in [0, 0.1) is 12.8 Å². The highest BCUT2D eigenvalue weighted by molar-refractivity contribution is 5.53. The van der Waals surface area contributed by atoms with E-state index in [1.165, 1.54) is 0 Å². The molecule has 2 N–H and O–H groups in total. The molecule has 4 heteroatoms. The van der Waals surface area contributed by atoms with Gasteiger partial charge < -0.3 is 5.73 Å². The lowest BCUT2D eigenvalue weighted by molar-refractivity contribution is 0.572. The first-order valence-electron chi connectivity index (χ1n) is 6.15. The zero-order valence-electron chi connectivity index (χ0n) is 10.8. The largest absolute Gasteiger partial charge is 0.330 e. The molecule has 0 radical (unpaired) electrons. The Balaban J connectivity index is 2.32. The van der Waals surface area contributed by atoms with Crippen LogP contribution in [0.3, 0.4) is 0 Å². The third kappa shape index (κ3) is 3.11. The molecule has 0 amide bonds. The average Bonchev–Trinajstić information content (AvgIpc) is 2.39. The highest BCUT2D eigenvalue weighted by Crippen LogP contribution is 2.15. The summed E-state index contributed by atoms with van der Waals surface area (Å²) in [5.74, 6) is 1.23. The van der Waals surface area contributed by atoms with E-state index in [1.54, 1.807) is 6.20 Å². The fourth-order valence-corrected chi connectivity index (χ4v) is 1.76. The number of aromatic nitrogens is 3. The van der Waals surface area contributed by atoms with Crippen LogP contribution in [0.25, 0.3) is 11.4 Å². The number of hydrogen-bond acceptors (Lipinski definition) is 4. The van der Waals surface area contributed by atoms with Crippen LogP contribution in [0.1, 0.15) is 18.4 Å². The maximum absolute atomic E-state index is 5.64. The Hall–Kier alpha value is -1.81. The van der Waals surface area contributed by atoms with Gasteiger partial charge in [-0.3, -0.25) is 4.98 Å². The third-order valence-corrected chi connectivity index (χ3v) is 2.76. The fourth-order valence-electron chi connectivity index (χ4n) is 1.76. The number of pyridine rings is 1. The molecule has 0 bridgehead atoms. The van der Waals surface area contributed by atoms with Gasteiger partial charge in [0.25, 0.3) is 0 Å². The van der Waals surface area contributed by atoms with Crippen molar-refractivity contribution < 1.29 is 0 Å². The van der Waals surface area contributed by atoms with Crippen molar-refractivity contribution in [1.82, 2.24) is 15.0 Å². The molecule has 0 aliphatic heterocycles. The predicted octanol–water partition coefficient (Wildman–Crippen LogP) is 1.98. The van der Waals surface area contributed by atoms with Crippen molar-refractivity contribution in [2.45, 2.75) is 20.3 Å². The van der Waals surface area contributed by atoms with E-state index in [0.717, 1.165) is 29.3 Å². The topological polar surface area (TPSA) is 64.7 Å². The van der Waals surface area contributed by atoms with Crippen molar-refractivity contribution >= 4 is 0 Å². The van der Waals surface area contributed by atoms with Crippen LogP contribution in [0.4, 0.5) is 0 Å². The molecule has 4 nitrogen and oxygen atoms in total. The molecule has 2 aromatic heterocycles. The molecule has 0 saturated heterocycles. The lowest BCUT2D eigenvalue weighted by atomic mass is 10.1. The van der Waals surface area contributed by atoms with E-state index in [9.17, 15) is 0 Å². The Morgan fingerprint density at radius 3 is 2.72 bits per heavy atom. The van der Waals surface area contributed by atoms with Gasteiger partial charge in [-0.05, 0) is 37.6 Å². The summed E-state index contributed by atoms with van der Waals surface area (Å²) >= 11 is 0. The van der Waals surface area contributed by atoms with Gasteiger partial charge in [-0.1, -0.05) is 13.0 Å². The summed E-state index contributed by atoms with van der Waals surface area (Å²) < 4.78 is 0. The van der Waals surface area contributed by atoms with Crippen LogP contribution in [-0.2, 0) is 6.42 Å². The molecule has 0 saturated carbocycles. The van der Waals surface area contributed by atoms with Gasteiger partial charge in [0.1, 0.15) is 5.82 Å². The smallest absolute Gasteiger partial charge is 0.129 e. The summed E-state index contributed by atoms with van der Waals surface area (Å²) in [6, 6.07) is 7.77. The van der Waals surface area contributed by atoms with Crippen molar-refractivity contribution in [1.29, 1.82) is 0 Å². The maximum Gasteiger partial charge on any atom is 0.129 e. The quantitative estimate of drug-likeness (QED) is 0.890. The van der Waals surface area contributed by atoms with E-state index in [0.29, 0.717) is 12.5 Å². The summed E-state index contributed by atoms with van der Waals surface area (Å²) in [7, 11) is 0. The molecule has 2 heterocycles. The maximum atomic E-state index is 5.64. The van der Waals surface area contributed by atoms with Gasteiger partial charge in [-0.2, -0.15) is 0 Å². The molecule has 94 valence electrons. The monoisotopic (exact) mass is 242 g/mol. The molecule has 1 unspecified atom stereocenters. The summed E-state index contributed by atoms with van der Waals surface area (Å²) in [5.41, 5.74) is 8.36. The summed E-state index contributed by atoms with van der Waals surface area (Å²) in [4.78, 5) is 13.3. The molecular weight excluding hydrogens is 224 g/mol. The number of aryl methyl sites for hydroxylation is 1. The Labute approximate surface area is 107 Å². The number of nitrogens with two attached hydrogens (primary N) is 1. The zero-order chi connectivity index (χ0) is 13.0. The second-order valence-electron chi connectivity index (χ2n) is 4.57. The van der Waals surface area contributed by atoms with Crippen molar-refractivity contribution in [3.63, 3.8) is 0 Å². The first-order valence-corrected chi connectivity index (χ1v) is 6.15. The van der Waals surface area contributed by atoms with Crippen molar-refractivity contribution in [3.05, 3.63) is 42.0 Å². The molecule has 2 aromatic rings. The lowest BCUT2D eigenvalue weighted by Crippen LogP contribution is -2.15. The summed E-state index contributed by atoms with van der Waals surface area (Å²) in [6.07, 6.45) is 2.58. The molecule has 0 spiro atoms. The molecule has 0 aromatic carbocycles. The van der Waals surface area contributed by atoms with Gasteiger partial charge in [-0.25, -0.2) is 9.97 Å². The lowest BCUT2D eigenvalue weighted by Gasteiger charge is -2.09. The molecule has 0 fully saturated rings. The highest BCUT2D eigenvalue weighted by Gasteiger charge is 2.08. The molecule has 0 aliphatic carbocycles. The number of nitrogens with zero attached hydrogens (tertiary/aromatic N) is 3. The highest BCUT2D eigenvalue weighted by atomic mass is 14.9. The number of rotatable bonds is 4. The standard InChI is InChI=1S/C14H18N4/c1-10(9-15)7-14-17-11(2)8-13(18-14)12-5-3-4-6-16-12/h3-6,8,10H,7,9,15H2,1-2H3. The minimum atomic E-state index is 0.392. The van der Waals surface area contributed by atoms with E-state index in [2.05, 4.69) is 21.9 Å². The second-order valence-corrected chi connectivity index (χ2v) is 4.57. The van der Waals surface area contributed by atoms with Gasteiger partial charge in [0.15, 0.2) is 0 Å². The van der Waals surface area contributed by atoms with E-state index < -0.39 is 0 Å². The zero-order valence-corrected chi connectivity index (χ0v) is 10.8. The van der Waals surface area contributed by atoms with Crippen molar-refractivity contribution in [2.24, 2.45) is 11.7 Å². The van der Waals surface area contributed by atoms with Gasteiger partial charge in [0.05, 0.1) is 11.4 Å². The van der Waals surface area contributed by atoms with Crippen LogP contribution in [0.15, 0.2) is 30.5 Å².